The molecule has 0 saturated carbocycles. The molecule has 0 saturated heterocycles. The number of rotatable bonds is 7. The predicted octanol–water partition coefficient (Wildman–Crippen LogP) is 5.10. The molecule has 1 N–H and O–H groups in total. The third kappa shape index (κ3) is 5.77. The lowest BCUT2D eigenvalue weighted by Gasteiger charge is -2.14. The number of thioether (sulfide) groups is 1. The van der Waals surface area contributed by atoms with Crippen LogP contribution in [0.4, 0.5) is 5.69 Å². The van der Waals surface area contributed by atoms with Crippen LogP contribution in [0.5, 0.6) is 5.75 Å². The van der Waals surface area contributed by atoms with Crippen molar-refractivity contribution in [1.82, 2.24) is 0 Å². The molecular weight excluding hydrogens is 342 g/mol. The number of halogens is 1. The second-order valence-corrected chi connectivity index (χ2v) is 7.51. The Labute approximate surface area is 152 Å². The lowest BCUT2D eigenvalue weighted by Crippen LogP contribution is -2.23. The molecule has 0 aromatic heterocycles. The van der Waals surface area contributed by atoms with E-state index in [1.807, 2.05) is 57.2 Å². The Hall–Kier alpha value is -1.65. The van der Waals surface area contributed by atoms with Gasteiger partial charge in [-0.25, -0.2) is 0 Å². The van der Waals surface area contributed by atoms with Crippen molar-refractivity contribution in [3.63, 3.8) is 0 Å². The average molecular weight is 364 g/mol. The molecule has 0 heterocycles. The van der Waals surface area contributed by atoms with Crippen LogP contribution in [-0.2, 0) is 4.79 Å². The van der Waals surface area contributed by atoms with Crippen molar-refractivity contribution in [2.75, 3.05) is 17.7 Å². The van der Waals surface area contributed by atoms with Gasteiger partial charge in [-0.3, -0.25) is 4.79 Å². The van der Waals surface area contributed by atoms with Gasteiger partial charge in [0.2, 0.25) is 5.91 Å². The number of benzene rings is 2. The second-order valence-electron chi connectivity index (χ2n) is 5.63. The number of amides is 1. The number of hydrogen-bond donors (Lipinski definition) is 1. The van der Waals surface area contributed by atoms with Gasteiger partial charge in [-0.05, 0) is 56.2 Å². The minimum absolute atomic E-state index is 0.0269. The molecule has 0 aliphatic rings. The Morgan fingerprint density at radius 2 is 2.04 bits per heavy atom. The van der Waals surface area contributed by atoms with E-state index in [4.69, 9.17) is 16.3 Å². The maximum Gasteiger partial charge on any atom is 0.237 e. The number of anilines is 1. The third-order valence-corrected chi connectivity index (χ3v) is 4.89. The van der Waals surface area contributed by atoms with Gasteiger partial charge in [0.15, 0.2) is 0 Å². The summed E-state index contributed by atoms with van der Waals surface area (Å²) in [7, 11) is 0. The van der Waals surface area contributed by atoms with Crippen molar-refractivity contribution < 1.29 is 9.53 Å². The first kappa shape index (κ1) is 18.7. The predicted molar refractivity (Wildman–Crippen MR) is 103 cm³/mol. The first-order chi connectivity index (χ1) is 11.5. The van der Waals surface area contributed by atoms with Crippen molar-refractivity contribution in [3.8, 4) is 5.75 Å². The molecule has 0 spiro atoms. The molecule has 0 fully saturated rings. The molecule has 3 nitrogen and oxygen atoms in total. The number of hydrogen-bond acceptors (Lipinski definition) is 3. The Morgan fingerprint density at radius 3 is 2.79 bits per heavy atom. The minimum Gasteiger partial charge on any atom is -0.493 e. The van der Waals surface area contributed by atoms with Crippen LogP contribution in [0.3, 0.4) is 0 Å². The van der Waals surface area contributed by atoms with E-state index in [2.05, 4.69) is 5.32 Å². The zero-order valence-corrected chi connectivity index (χ0v) is 15.7. The summed E-state index contributed by atoms with van der Waals surface area (Å²) in [6, 6.07) is 13.4. The van der Waals surface area contributed by atoms with E-state index in [1.165, 1.54) is 5.56 Å². The number of ether oxygens (including phenoxy) is 1. The molecule has 128 valence electrons. The summed E-state index contributed by atoms with van der Waals surface area (Å²) in [5.41, 5.74) is 2.92. The van der Waals surface area contributed by atoms with Gasteiger partial charge in [0.05, 0.1) is 11.9 Å². The highest BCUT2D eigenvalue weighted by Crippen LogP contribution is 2.22. The highest BCUT2D eigenvalue weighted by molar-refractivity contribution is 8.00. The van der Waals surface area contributed by atoms with E-state index < -0.39 is 0 Å². The fourth-order valence-electron chi connectivity index (χ4n) is 2.13. The first-order valence-corrected chi connectivity index (χ1v) is 9.26. The van der Waals surface area contributed by atoms with Gasteiger partial charge in [-0.15, -0.1) is 11.8 Å². The van der Waals surface area contributed by atoms with Crippen LogP contribution in [0.15, 0.2) is 42.5 Å². The summed E-state index contributed by atoms with van der Waals surface area (Å²) in [5, 5.41) is 3.38. The fourth-order valence-corrected chi connectivity index (χ4v) is 3.04. The van der Waals surface area contributed by atoms with Crippen molar-refractivity contribution in [2.45, 2.75) is 26.0 Å². The van der Waals surface area contributed by atoms with Gasteiger partial charge in [0, 0.05) is 16.5 Å². The molecule has 2 aromatic carbocycles. The molecule has 1 atom stereocenters. The summed E-state index contributed by atoms with van der Waals surface area (Å²) < 4.78 is 5.70. The molecule has 1 amide bonds. The van der Waals surface area contributed by atoms with Crippen molar-refractivity contribution in [2.24, 2.45) is 0 Å². The maximum atomic E-state index is 12.3. The summed E-state index contributed by atoms with van der Waals surface area (Å²) >= 11 is 7.55. The lowest BCUT2D eigenvalue weighted by molar-refractivity contribution is -0.115. The first-order valence-electron chi connectivity index (χ1n) is 7.84. The quantitative estimate of drug-likeness (QED) is 0.696. The van der Waals surface area contributed by atoms with Crippen LogP contribution in [-0.4, -0.2) is 23.5 Å². The minimum atomic E-state index is -0.163. The van der Waals surface area contributed by atoms with E-state index in [-0.39, 0.29) is 11.2 Å². The van der Waals surface area contributed by atoms with E-state index in [9.17, 15) is 4.79 Å². The SMILES string of the molecule is Cc1cccc(OCCS[C@@H](C)C(=O)Nc2cc(Cl)ccc2C)c1. The van der Waals surface area contributed by atoms with Crippen LogP contribution < -0.4 is 10.1 Å². The normalized spacial score (nSPS) is 11.8. The zero-order valence-electron chi connectivity index (χ0n) is 14.1. The van der Waals surface area contributed by atoms with Crippen molar-refractivity contribution >= 4 is 35.0 Å². The topological polar surface area (TPSA) is 38.3 Å². The van der Waals surface area contributed by atoms with Gasteiger partial charge in [0.1, 0.15) is 5.75 Å². The monoisotopic (exact) mass is 363 g/mol. The van der Waals surface area contributed by atoms with Crippen molar-refractivity contribution in [1.29, 1.82) is 0 Å². The molecule has 0 aliphatic carbocycles. The van der Waals surface area contributed by atoms with Crippen molar-refractivity contribution in [3.05, 3.63) is 58.6 Å². The van der Waals surface area contributed by atoms with Gasteiger partial charge in [0.25, 0.3) is 0 Å². The smallest absolute Gasteiger partial charge is 0.237 e. The molecule has 0 aliphatic heterocycles. The number of carbonyl (C=O) groups is 1. The number of nitrogens with one attached hydrogen (secondary N) is 1. The molecule has 2 aromatic rings. The highest BCUT2D eigenvalue weighted by atomic mass is 35.5. The molecule has 0 radical (unpaired) electrons. The van der Waals surface area contributed by atoms with Crippen LogP contribution >= 0.6 is 23.4 Å². The van der Waals surface area contributed by atoms with Gasteiger partial charge >= 0.3 is 0 Å². The maximum absolute atomic E-state index is 12.3. The van der Waals surface area contributed by atoms with E-state index in [0.717, 1.165) is 22.8 Å². The van der Waals surface area contributed by atoms with Gasteiger partial charge < -0.3 is 10.1 Å². The number of aryl methyl sites for hydroxylation is 2. The van der Waals surface area contributed by atoms with Crippen LogP contribution in [0.1, 0.15) is 18.1 Å². The molecule has 0 bridgehead atoms. The fraction of sp³-hybridized carbons (Fsp3) is 0.316. The Morgan fingerprint density at radius 1 is 1.25 bits per heavy atom. The average Bonchev–Trinajstić information content (AvgIpc) is 2.55. The standard InChI is InChI=1S/C19H22ClNO2S/c1-13-5-4-6-17(11-13)23-9-10-24-15(3)19(22)21-18-12-16(20)8-7-14(18)2/h4-8,11-12,15H,9-10H2,1-3H3,(H,21,22)/t15-/m0/s1. The summed E-state index contributed by atoms with van der Waals surface area (Å²) in [6.07, 6.45) is 0. The third-order valence-electron chi connectivity index (χ3n) is 3.54. The lowest BCUT2D eigenvalue weighted by atomic mass is 10.2. The summed E-state index contributed by atoms with van der Waals surface area (Å²) in [6.45, 7) is 6.44. The largest absolute Gasteiger partial charge is 0.493 e. The number of carbonyl (C=O) groups excluding carboxylic acids is 1. The molecule has 24 heavy (non-hydrogen) atoms. The Bertz CT molecular complexity index is 706. The Kier molecular flexibility index (Phi) is 7.00. The molecule has 2 rings (SSSR count). The molecule has 5 heteroatoms. The van der Waals surface area contributed by atoms with Crippen LogP contribution in [0.2, 0.25) is 5.02 Å². The summed E-state index contributed by atoms with van der Waals surface area (Å²) in [4.78, 5) is 12.3. The van der Waals surface area contributed by atoms with Crippen LogP contribution in [0, 0.1) is 13.8 Å². The highest BCUT2D eigenvalue weighted by Gasteiger charge is 2.14. The van der Waals surface area contributed by atoms with E-state index in [0.29, 0.717) is 11.6 Å². The van der Waals surface area contributed by atoms with E-state index >= 15 is 0 Å². The van der Waals surface area contributed by atoms with Crippen LogP contribution in [0.25, 0.3) is 0 Å². The zero-order chi connectivity index (χ0) is 17.5. The van der Waals surface area contributed by atoms with E-state index in [1.54, 1.807) is 17.8 Å². The second kappa shape index (κ2) is 9.00. The summed E-state index contributed by atoms with van der Waals surface area (Å²) in [5.74, 6) is 1.58. The molecule has 0 unspecified atom stereocenters. The Balaban J connectivity index is 1.76. The van der Waals surface area contributed by atoms with Gasteiger partial charge in [-0.2, -0.15) is 0 Å². The van der Waals surface area contributed by atoms with Gasteiger partial charge in [-0.1, -0.05) is 29.8 Å². The molecular formula is C19H22ClNO2S.